The number of hydrogen-bond acceptors (Lipinski definition) is 2. The molecule has 0 amide bonds. The highest BCUT2D eigenvalue weighted by Gasteiger charge is 2.24. The maximum Gasteiger partial charge on any atom is 0.0542 e. The molecule has 0 spiro atoms. The fraction of sp³-hybridized carbons (Fsp3) is 0. The van der Waals surface area contributed by atoms with Gasteiger partial charge < -0.3 is 18.9 Å². The molecule has 4 nitrogen and oxygen atoms in total. The molecular formula is C74H50N4. The zero-order valence-corrected chi connectivity index (χ0v) is 42.7. The Hall–Kier alpha value is -10.4. The molecule has 0 fully saturated rings. The highest BCUT2D eigenvalue weighted by molar-refractivity contribution is 6.23. The zero-order chi connectivity index (χ0) is 51.5. The highest BCUT2D eigenvalue weighted by Crippen LogP contribution is 2.49. The third-order valence-electron chi connectivity index (χ3n) is 15.6. The number of hydrogen-bond donors (Lipinski definition) is 0. The van der Waals surface area contributed by atoms with Crippen molar-refractivity contribution < 1.29 is 0 Å². The molecule has 0 N–H and O–H groups in total. The van der Waals surface area contributed by atoms with Crippen LogP contribution in [0.3, 0.4) is 0 Å². The summed E-state index contributed by atoms with van der Waals surface area (Å²) in [6.45, 7) is 0. The molecule has 0 aliphatic rings. The van der Waals surface area contributed by atoms with E-state index in [2.05, 4.69) is 322 Å². The molecule has 0 bridgehead atoms. The Balaban J connectivity index is 0.965. The maximum atomic E-state index is 2.43. The number of para-hydroxylation sites is 6. The van der Waals surface area contributed by atoms with Crippen LogP contribution in [-0.4, -0.2) is 9.13 Å². The van der Waals surface area contributed by atoms with Crippen LogP contribution >= 0.6 is 0 Å². The van der Waals surface area contributed by atoms with Gasteiger partial charge in [-0.25, -0.2) is 0 Å². The van der Waals surface area contributed by atoms with E-state index in [9.17, 15) is 0 Å². The first-order valence-corrected chi connectivity index (χ1v) is 26.8. The van der Waals surface area contributed by atoms with Crippen LogP contribution in [0.5, 0.6) is 0 Å². The van der Waals surface area contributed by atoms with Gasteiger partial charge >= 0.3 is 0 Å². The molecule has 0 unspecified atom stereocenters. The molecule has 0 aliphatic heterocycles. The largest absolute Gasteiger partial charge is 0.310 e. The van der Waals surface area contributed by atoms with E-state index in [4.69, 9.17) is 0 Å². The average molecular weight is 995 g/mol. The Kier molecular flexibility index (Phi) is 10.8. The van der Waals surface area contributed by atoms with E-state index in [1.54, 1.807) is 0 Å². The van der Waals surface area contributed by atoms with Gasteiger partial charge in [-0.1, -0.05) is 182 Å². The monoisotopic (exact) mass is 994 g/mol. The number of aromatic nitrogens is 2. The van der Waals surface area contributed by atoms with Crippen molar-refractivity contribution in [1.82, 2.24) is 9.13 Å². The summed E-state index contributed by atoms with van der Waals surface area (Å²) in [7, 11) is 0. The van der Waals surface area contributed by atoms with Gasteiger partial charge in [-0.3, -0.25) is 0 Å². The molecule has 2 heterocycles. The van der Waals surface area contributed by atoms with E-state index in [0.29, 0.717) is 0 Å². The lowest BCUT2D eigenvalue weighted by Gasteiger charge is -2.28. The minimum absolute atomic E-state index is 1.08. The molecule has 4 heteroatoms. The summed E-state index contributed by atoms with van der Waals surface area (Å²) in [5.41, 5.74) is 18.2. The van der Waals surface area contributed by atoms with Crippen LogP contribution in [0.1, 0.15) is 0 Å². The van der Waals surface area contributed by atoms with E-state index in [1.165, 1.54) is 87.4 Å². The lowest BCUT2D eigenvalue weighted by Crippen LogP contribution is -2.10. The summed E-state index contributed by atoms with van der Waals surface area (Å²) >= 11 is 0. The SMILES string of the molecule is c1ccc(-c2c3ccc(N(c4ccccc4)c4ccc5c(c4)c4ccccc4n5-c4ccccc4)cc3c(-c3ccccc3)c3ccc(N(c4ccccc4)c4ccc5c(c4)c4ccccc4n5-c4ccccc4)cc23)cc1. The maximum absolute atomic E-state index is 2.43. The molecular weight excluding hydrogens is 945 g/mol. The van der Waals surface area contributed by atoms with Gasteiger partial charge in [0.15, 0.2) is 0 Å². The summed E-state index contributed by atoms with van der Waals surface area (Å²) < 4.78 is 4.77. The Morgan fingerprint density at radius 1 is 0.192 bits per heavy atom. The summed E-state index contributed by atoms with van der Waals surface area (Å²) in [6.07, 6.45) is 0. The van der Waals surface area contributed by atoms with Crippen LogP contribution in [0.4, 0.5) is 34.1 Å². The van der Waals surface area contributed by atoms with Gasteiger partial charge in [0.05, 0.1) is 22.1 Å². The van der Waals surface area contributed by atoms with Crippen LogP contribution in [0, 0.1) is 0 Å². The van der Waals surface area contributed by atoms with E-state index in [-0.39, 0.29) is 0 Å². The second-order valence-electron chi connectivity index (χ2n) is 20.1. The van der Waals surface area contributed by atoms with Gasteiger partial charge in [0, 0.05) is 67.0 Å². The van der Waals surface area contributed by atoms with Crippen LogP contribution in [0.15, 0.2) is 303 Å². The number of benzene rings is 13. The topological polar surface area (TPSA) is 16.3 Å². The molecule has 15 rings (SSSR count). The van der Waals surface area contributed by atoms with Crippen LogP contribution in [0.2, 0.25) is 0 Å². The van der Waals surface area contributed by atoms with Gasteiger partial charge in [-0.2, -0.15) is 0 Å². The predicted molar refractivity (Wildman–Crippen MR) is 330 cm³/mol. The molecule has 2 aromatic heterocycles. The lowest BCUT2D eigenvalue weighted by molar-refractivity contribution is 1.18. The Morgan fingerprint density at radius 2 is 0.487 bits per heavy atom. The van der Waals surface area contributed by atoms with Crippen molar-refractivity contribution >= 4 is 99.3 Å². The normalized spacial score (nSPS) is 11.6. The standard InChI is InChI=1S/C74H50N4/c1-7-23-51(24-8-1)73-63-43-39-58(76(54-29-13-4-14-30-54)60-42-46-72-66(48-60)62-36-20-22-38-70(62)78(72)56-33-17-6-18-34-56)50-68(63)74(52-25-9-2-10-26-52)64-44-40-57(49-67(64)73)75(53-27-11-3-12-28-53)59-41-45-71-65(47-59)61-35-19-21-37-69(61)77(71)55-31-15-5-16-32-55/h1-50H. The fourth-order valence-electron chi connectivity index (χ4n) is 12.3. The fourth-order valence-corrected chi connectivity index (χ4v) is 12.3. The Labute approximate surface area is 452 Å². The second kappa shape index (κ2) is 18.7. The van der Waals surface area contributed by atoms with Gasteiger partial charge in [-0.05, 0) is 165 Å². The average Bonchev–Trinajstić information content (AvgIpc) is 4.19. The number of nitrogens with zero attached hydrogens (tertiary/aromatic N) is 4. The zero-order valence-electron chi connectivity index (χ0n) is 42.7. The van der Waals surface area contributed by atoms with Crippen molar-refractivity contribution in [2.24, 2.45) is 0 Å². The van der Waals surface area contributed by atoms with E-state index in [0.717, 1.165) is 45.5 Å². The van der Waals surface area contributed by atoms with Gasteiger partial charge in [0.1, 0.15) is 0 Å². The molecule has 0 atom stereocenters. The van der Waals surface area contributed by atoms with Gasteiger partial charge in [-0.15, -0.1) is 0 Å². The minimum Gasteiger partial charge on any atom is -0.310 e. The lowest BCUT2D eigenvalue weighted by atomic mass is 9.85. The van der Waals surface area contributed by atoms with Crippen molar-refractivity contribution in [3.63, 3.8) is 0 Å². The molecule has 366 valence electrons. The third kappa shape index (κ3) is 7.45. The number of rotatable bonds is 10. The first kappa shape index (κ1) is 45.0. The summed E-state index contributed by atoms with van der Waals surface area (Å²) in [4.78, 5) is 4.84. The van der Waals surface area contributed by atoms with Gasteiger partial charge in [0.2, 0.25) is 0 Å². The second-order valence-corrected chi connectivity index (χ2v) is 20.1. The quantitative estimate of drug-likeness (QED) is 0.127. The first-order valence-electron chi connectivity index (χ1n) is 26.8. The Morgan fingerprint density at radius 3 is 0.872 bits per heavy atom. The molecule has 78 heavy (non-hydrogen) atoms. The first-order chi connectivity index (χ1) is 38.7. The smallest absolute Gasteiger partial charge is 0.0542 e. The molecule has 0 radical (unpaired) electrons. The number of anilines is 6. The minimum atomic E-state index is 1.08. The highest BCUT2D eigenvalue weighted by atomic mass is 15.1. The van der Waals surface area contributed by atoms with Crippen LogP contribution in [-0.2, 0) is 0 Å². The van der Waals surface area contributed by atoms with Gasteiger partial charge in [0.25, 0.3) is 0 Å². The van der Waals surface area contributed by atoms with Crippen LogP contribution < -0.4 is 9.80 Å². The van der Waals surface area contributed by atoms with Crippen molar-refractivity contribution in [3.8, 4) is 33.6 Å². The summed E-state index contributed by atoms with van der Waals surface area (Å²) in [5.74, 6) is 0. The Bertz CT molecular complexity index is 4400. The van der Waals surface area contributed by atoms with Crippen LogP contribution in [0.25, 0.3) is 98.8 Å². The third-order valence-corrected chi connectivity index (χ3v) is 15.6. The van der Waals surface area contributed by atoms with Crippen molar-refractivity contribution in [2.75, 3.05) is 9.80 Å². The van der Waals surface area contributed by atoms with E-state index in [1.807, 2.05) is 0 Å². The number of fused-ring (bicyclic) bond motifs is 8. The van der Waals surface area contributed by atoms with Crippen molar-refractivity contribution in [1.29, 1.82) is 0 Å². The van der Waals surface area contributed by atoms with E-state index < -0.39 is 0 Å². The summed E-state index contributed by atoms with van der Waals surface area (Å²) in [5, 5.41) is 9.58. The van der Waals surface area contributed by atoms with E-state index >= 15 is 0 Å². The molecule has 15 aromatic rings. The molecule has 0 aliphatic carbocycles. The molecule has 13 aromatic carbocycles. The molecule has 0 saturated carbocycles. The summed E-state index contributed by atoms with van der Waals surface area (Å²) in [6, 6.07) is 111. The predicted octanol–water partition coefficient (Wildman–Crippen LogP) is 20.5. The van der Waals surface area contributed by atoms with Crippen molar-refractivity contribution in [2.45, 2.75) is 0 Å². The molecule has 0 saturated heterocycles. The van der Waals surface area contributed by atoms with Crippen molar-refractivity contribution in [3.05, 3.63) is 303 Å².